The number of nitrogens with zero attached hydrogens (tertiary/aromatic N) is 1. The molecule has 1 aromatic rings. The van der Waals surface area contributed by atoms with Crippen LogP contribution >= 0.6 is 0 Å². The molecule has 0 fully saturated rings. The molecule has 0 aliphatic carbocycles. The molecule has 1 heterocycles. The highest BCUT2D eigenvalue weighted by molar-refractivity contribution is 5.61. The highest BCUT2D eigenvalue weighted by atomic mass is 14.7. The van der Waals surface area contributed by atoms with Gasteiger partial charge in [0.2, 0.25) is 0 Å². The van der Waals surface area contributed by atoms with Gasteiger partial charge in [-0.05, 0) is 31.6 Å². The molecular weight excluding hydrogens is 170 g/mol. The van der Waals surface area contributed by atoms with Crippen LogP contribution in [0.4, 0.5) is 0 Å². The number of hydrogen-bond acceptors (Lipinski definition) is 1. The fraction of sp³-hybridized carbons (Fsp3) is 0.308. The lowest BCUT2D eigenvalue weighted by atomic mass is 10.1. The molecule has 0 amide bonds. The lowest BCUT2D eigenvalue weighted by Crippen LogP contribution is -1.88. The first-order valence-corrected chi connectivity index (χ1v) is 5.00. The molecule has 14 heavy (non-hydrogen) atoms. The van der Waals surface area contributed by atoms with Crippen molar-refractivity contribution in [3.8, 4) is 0 Å². The van der Waals surface area contributed by atoms with Gasteiger partial charge in [-0.15, -0.1) is 0 Å². The summed E-state index contributed by atoms with van der Waals surface area (Å²) < 4.78 is 0. The number of pyridine rings is 1. The Labute approximate surface area is 87.2 Å². The highest BCUT2D eigenvalue weighted by Gasteiger charge is 1.95. The average molecular weight is 189 g/mol. The lowest BCUT2D eigenvalue weighted by molar-refractivity contribution is 1.17. The summed E-state index contributed by atoms with van der Waals surface area (Å²) in [6, 6.07) is 4.02. The molecule has 0 saturated heterocycles. The molecule has 1 aromatic heterocycles. The summed E-state index contributed by atoms with van der Waals surface area (Å²) in [5, 5.41) is 0. The minimum atomic E-state index is 0.993. The van der Waals surface area contributed by atoms with E-state index >= 15 is 0 Å². The highest BCUT2D eigenvalue weighted by Crippen LogP contribution is 2.10. The van der Waals surface area contributed by atoms with E-state index in [9.17, 15) is 0 Å². The predicted octanol–water partition coefficient (Wildman–Crippen LogP) is 4.09. The Kier molecular flexibility index (Phi) is 6.38. The molecule has 1 nitrogen and oxygen atoms in total. The van der Waals surface area contributed by atoms with Gasteiger partial charge in [0.1, 0.15) is 0 Å². The Morgan fingerprint density at radius 3 is 2.43 bits per heavy atom. The van der Waals surface area contributed by atoms with Crippen molar-refractivity contribution in [2.45, 2.75) is 27.7 Å². The van der Waals surface area contributed by atoms with E-state index in [1.165, 1.54) is 0 Å². The number of hydrogen-bond donors (Lipinski definition) is 0. The van der Waals surface area contributed by atoms with Crippen LogP contribution in [0.5, 0.6) is 0 Å². The minimum Gasteiger partial charge on any atom is -0.253 e. The molecule has 0 aromatic carbocycles. The summed E-state index contributed by atoms with van der Waals surface area (Å²) in [6.45, 7) is 11.7. The normalized spacial score (nSPS) is 9.43. The third-order valence-electron chi connectivity index (χ3n) is 1.64. The topological polar surface area (TPSA) is 12.9 Å². The SMILES string of the molecule is C=Cc1ccc(C)nc1/C=C\C.CC. The Hall–Kier alpha value is -1.37. The Morgan fingerprint density at radius 2 is 1.93 bits per heavy atom. The summed E-state index contributed by atoms with van der Waals surface area (Å²) >= 11 is 0. The van der Waals surface area contributed by atoms with Crippen LogP contribution in [0, 0.1) is 6.92 Å². The zero-order chi connectivity index (χ0) is 11.0. The van der Waals surface area contributed by atoms with Gasteiger partial charge in [-0.2, -0.15) is 0 Å². The molecule has 0 spiro atoms. The smallest absolute Gasteiger partial charge is 0.0701 e. The number of aromatic nitrogens is 1. The molecule has 0 aliphatic heterocycles. The van der Waals surface area contributed by atoms with Gasteiger partial charge in [-0.3, -0.25) is 4.98 Å². The summed E-state index contributed by atoms with van der Waals surface area (Å²) in [6.07, 6.45) is 5.79. The zero-order valence-corrected chi connectivity index (χ0v) is 9.54. The maximum atomic E-state index is 4.38. The van der Waals surface area contributed by atoms with Crippen molar-refractivity contribution in [2.75, 3.05) is 0 Å². The van der Waals surface area contributed by atoms with Crippen LogP contribution in [0.3, 0.4) is 0 Å². The second-order valence-corrected chi connectivity index (χ2v) is 2.63. The van der Waals surface area contributed by atoms with Crippen LogP contribution in [0.1, 0.15) is 37.7 Å². The Morgan fingerprint density at radius 1 is 1.29 bits per heavy atom. The van der Waals surface area contributed by atoms with Gasteiger partial charge in [0.05, 0.1) is 5.69 Å². The molecule has 1 heteroatoms. The monoisotopic (exact) mass is 189 g/mol. The quantitative estimate of drug-likeness (QED) is 0.682. The molecule has 0 radical (unpaired) electrons. The van der Waals surface area contributed by atoms with E-state index in [0.29, 0.717) is 0 Å². The Bertz CT molecular complexity index is 311. The van der Waals surface area contributed by atoms with Crippen LogP contribution < -0.4 is 0 Å². The number of rotatable bonds is 2. The molecule has 0 saturated carbocycles. The van der Waals surface area contributed by atoms with Crippen LogP contribution in [-0.2, 0) is 0 Å². The predicted molar refractivity (Wildman–Crippen MR) is 65.1 cm³/mol. The summed E-state index contributed by atoms with van der Waals surface area (Å²) in [7, 11) is 0. The van der Waals surface area contributed by atoms with E-state index in [0.717, 1.165) is 17.0 Å². The summed E-state index contributed by atoms with van der Waals surface area (Å²) in [4.78, 5) is 4.38. The maximum absolute atomic E-state index is 4.38. The van der Waals surface area contributed by atoms with Crippen molar-refractivity contribution < 1.29 is 0 Å². The second kappa shape index (κ2) is 7.07. The van der Waals surface area contributed by atoms with E-state index in [1.54, 1.807) is 0 Å². The van der Waals surface area contributed by atoms with Gasteiger partial charge in [0.25, 0.3) is 0 Å². The molecule has 0 aliphatic rings. The standard InChI is InChI=1S/C11H13N.C2H6/c1-4-6-11-10(5-2)8-7-9(3)12-11;1-2/h4-8H,2H2,1,3H3;1-2H3/b6-4-;. The number of allylic oxidation sites excluding steroid dienone is 1. The van der Waals surface area contributed by atoms with Crippen molar-refractivity contribution in [2.24, 2.45) is 0 Å². The first kappa shape index (κ1) is 12.6. The number of aryl methyl sites for hydroxylation is 1. The third kappa shape index (κ3) is 3.56. The zero-order valence-electron chi connectivity index (χ0n) is 9.54. The fourth-order valence-electron chi connectivity index (χ4n) is 1.05. The van der Waals surface area contributed by atoms with Gasteiger partial charge in [-0.1, -0.05) is 38.6 Å². The molecule has 1 rings (SSSR count). The van der Waals surface area contributed by atoms with E-state index in [1.807, 2.05) is 58.1 Å². The van der Waals surface area contributed by atoms with Gasteiger partial charge in [-0.25, -0.2) is 0 Å². The Balaban J connectivity index is 0.000000791. The van der Waals surface area contributed by atoms with Crippen molar-refractivity contribution in [1.82, 2.24) is 4.98 Å². The summed E-state index contributed by atoms with van der Waals surface area (Å²) in [5.74, 6) is 0. The van der Waals surface area contributed by atoms with E-state index < -0.39 is 0 Å². The molecule has 0 unspecified atom stereocenters. The van der Waals surface area contributed by atoms with Gasteiger partial charge >= 0.3 is 0 Å². The van der Waals surface area contributed by atoms with Gasteiger partial charge < -0.3 is 0 Å². The van der Waals surface area contributed by atoms with Gasteiger partial charge in [0, 0.05) is 5.69 Å². The van der Waals surface area contributed by atoms with E-state index in [-0.39, 0.29) is 0 Å². The van der Waals surface area contributed by atoms with Crippen molar-refractivity contribution in [1.29, 1.82) is 0 Å². The average Bonchev–Trinajstić information content (AvgIpc) is 2.22. The van der Waals surface area contributed by atoms with Crippen LogP contribution in [0.2, 0.25) is 0 Å². The van der Waals surface area contributed by atoms with Crippen LogP contribution in [-0.4, -0.2) is 4.98 Å². The lowest BCUT2D eigenvalue weighted by Gasteiger charge is -2.00. The van der Waals surface area contributed by atoms with Crippen LogP contribution in [0.25, 0.3) is 12.2 Å². The van der Waals surface area contributed by atoms with E-state index in [4.69, 9.17) is 0 Å². The van der Waals surface area contributed by atoms with Crippen molar-refractivity contribution in [3.63, 3.8) is 0 Å². The largest absolute Gasteiger partial charge is 0.253 e. The molecule has 0 atom stereocenters. The van der Waals surface area contributed by atoms with Crippen LogP contribution in [0.15, 0.2) is 24.8 Å². The summed E-state index contributed by atoms with van der Waals surface area (Å²) in [5.41, 5.74) is 3.11. The second-order valence-electron chi connectivity index (χ2n) is 2.63. The molecule has 0 N–H and O–H groups in total. The molecule has 0 bridgehead atoms. The molecule has 76 valence electrons. The minimum absolute atomic E-state index is 0.993. The van der Waals surface area contributed by atoms with Crippen molar-refractivity contribution in [3.05, 3.63) is 41.7 Å². The first-order chi connectivity index (χ1) is 6.77. The first-order valence-electron chi connectivity index (χ1n) is 5.00. The van der Waals surface area contributed by atoms with Gasteiger partial charge in [0.15, 0.2) is 0 Å². The maximum Gasteiger partial charge on any atom is 0.0701 e. The van der Waals surface area contributed by atoms with Crippen molar-refractivity contribution >= 4 is 12.2 Å². The fourth-order valence-corrected chi connectivity index (χ4v) is 1.05. The molecular formula is C13H19N. The third-order valence-corrected chi connectivity index (χ3v) is 1.64. The van der Waals surface area contributed by atoms with E-state index in [2.05, 4.69) is 11.6 Å².